The van der Waals surface area contributed by atoms with Crippen molar-refractivity contribution >= 4 is 8.58 Å². The van der Waals surface area contributed by atoms with Gasteiger partial charge < -0.3 is 0 Å². The van der Waals surface area contributed by atoms with Crippen LogP contribution in [0.3, 0.4) is 0 Å². The summed E-state index contributed by atoms with van der Waals surface area (Å²) in [5, 5.41) is 0. The first kappa shape index (κ1) is 9.97. The fourth-order valence-corrected chi connectivity index (χ4v) is 4.29. The van der Waals surface area contributed by atoms with E-state index in [1.165, 1.54) is 52.8 Å². The third-order valence-corrected chi connectivity index (χ3v) is 5.50. The molecule has 1 unspecified atom stereocenters. The summed E-state index contributed by atoms with van der Waals surface area (Å²) in [6.45, 7) is 0. The van der Waals surface area contributed by atoms with Crippen molar-refractivity contribution in [3.05, 3.63) is 0 Å². The van der Waals surface area contributed by atoms with Crippen molar-refractivity contribution in [2.45, 2.75) is 75.5 Å². The molecule has 2 fully saturated rings. The van der Waals surface area contributed by atoms with Gasteiger partial charge in [-0.3, -0.25) is 0 Å². The first-order chi connectivity index (χ1) is 6.45. The van der Waals surface area contributed by atoms with Crippen molar-refractivity contribution in [2.24, 2.45) is 0 Å². The van der Waals surface area contributed by atoms with E-state index in [9.17, 15) is 0 Å². The summed E-state index contributed by atoms with van der Waals surface area (Å²) in [6, 6.07) is 0. The fraction of sp³-hybridized carbons (Fsp3) is 1.00. The zero-order valence-corrected chi connectivity index (χ0v) is 9.73. The third kappa shape index (κ3) is 3.98. The molecule has 0 radical (unpaired) electrons. The van der Waals surface area contributed by atoms with Gasteiger partial charge in [-0.15, -0.1) is 8.58 Å². The molecule has 0 amide bonds. The van der Waals surface area contributed by atoms with Crippen LogP contribution in [0.4, 0.5) is 0 Å². The predicted octanol–water partition coefficient (Wildman–Crippen LogP) is 4.33. The van der Waals surface area contributed by atoms with Crippen molar-refractivity contribution < 1.29 is 0 Å². The summed E-state index contributed by atoms with van der Waals surface area (Å²) >= 11 is 0. The lowest BCUT2D eigenvalue weighted by molar-refractivity contribution is 0.624. The molecule has 0 bridgehead atoms. The molecule has 0 aromatic rings. The van der Waals surface area contributed by atoms with E-state index < -0.39 is 0 Å². The van der Waals surface area contributed by atoms with Gasteiger partial charge in [0.1, 0.15) is 0 Å². The van der Waals surface area contributed by atoms with Gasteiger partial charge in [0.2, 0.25) is 0 Å². The molecular weight excluding hydrogens is 175 g/mol. The summed E-state index contributed by atoms with van der Waals surface area (Å²) < 4.78 is 0. The quantitative estimate of drug-likeness (QED) is 0.579. The Hall–Kier alpha value is 0.430. The number of rotatable bonds is 2. The second-order valence-electron chi connectivity index (χ2n) is 4.84. The summed E-state index contributed by atoms with van der Waals surface area (Å²) in [7, 11) is 1.34. The first-order valence-corrected chi connectivity index (χ1v) is 7.37. The van der Waals surface area contributed by atoms with Crippen LogP contribution in [0.2, 0.25) is 0 Å². The van der Waals surface area contributed by atoms with E-state index in [1.807, 2.05) is 0 Å². The highest BCUT2D eigenvalue weighted by molar-refractivity contribution is 7.40. The highest BCUT2D eigenvalue weighted by Crippen LogP contribution is 2.45. The van der Waals surface area contributed by atoms with Gasteiger partial charge in [0.25, 0.3) is 0 Å². The summed E-state index contributed by atoms with van der Waals surface area (Å²) in [6.07, 6.45) is 15.4. The summed E-state index contributed by atoms with van der Waals surface area (Å²) in [5.74, 6) is 0. The molecule has 0 aromatic carbocycles. The van der Waals surface area contributed by atoms with Crippen LogP contribution in [0, 0.1) is 0 Å². The van der Waals surface area contributed by atoms with Crippen LogP contribution in [-0.2, 0) is 0 Å². The molecule has 2 aliphatic rings. The van der Waals surface area contributed by atoms with Gasteiger partial charge in [-0.1, -0.05) is 38.5 Å². The number of hydrogen-bond acceptors (Lipinski definition) is 0. The molecule has 13 heavy (non-hydrogen) atoms. The minimum atomic E-state index is 1.14. The van der Waals surface area contributed by atoms with Crippen molar-refractivity contribution in [1.29, 1.82) is 0 Å². The Balaban J connectivity index is 1.70. The third-order valence-electron chi connectivity index (χ3n) is 3.40. The van der Waals surface area contributed by atoms with Gasteiger partial charge in [0.15, 0.2) is 0 Å². The van der Waals surface area contributed by atoms with Crippen molar-refractivity contribution in [1.82, 2.24) is 0 Å². The van der Waals surface area contributed by atoms with Gasteiger partial charge >= 0.3 is 0 Å². The van der Waals surface area contributed by atoms with E-state index >= 15 is 0 Å². The zero-order chi connectivity index (χ0) is 8.93. The monoisotopic (exact) mass is 198 g/mol. The van der Waals surface area contributed by atoms with Gasteiger partial charge in [-0.2, -0.15) is 0 Å². The van der Waals surface area contributed by atoms with Crippen LogP contribution < -0.4 is 0 Å². The van der Waals surface area contributed by atoms with Gasteiger partial charge in [-0.25, -0.2) is 0 Å². The molecule has 0 heterocycles. The lowest BCUT2D eigenvalue weighted by Gasteiger charge is -2.14. The van der Waals surface area contributed by atoms with Gasteiger partial charge in [0.05, 0.1) is 0 Å². The Morgan fingerprint density at radius 1 is 0.538 bits per heavy atom. The van der Waals surface area contributed by atoms with E-state index in [2.05, 4.69) is 0 Å². The van der Waals surface area contributed by atoms with Crippen molar-refractivity contribution in [2.75, 3.05) is 0 Å². The molecule has 1 atom stereocenters. The minimum absolute atomic E-state index is 1.14. The molecule has 0 saturated heterocycles. The maximum absolute atomic E-state index is 1.56. The number of hydrogen-bond donors (Lipinski definition) is 0. The second-order valence-corrected chi connectivity index (χ2v) is 6.80. The first-order valence-electron chi connectivity index (χ1n) is 6.21. The Kier molecular flexibility index (Phi) is 4.10. The lowest BCUT2D eigenvalue weighted by atomic mass is 10.1. The molecule has 2 saturated carbocycles. The maximum Gasteiger partial charge on any atom is -0.0234 e. The Morgan fingerprint density at radius 2 is 1.00 bits per heavy atom. The van der Waals surface area contributed by atoms with E-state index in [-0.39, 0.29) is 0 Å². The van der Waals surface area contributed by atoms with E-state index in [0.717, 1.165) is 5.66 Å². The minimum Gasteiger partial charge on any atom is -0.116 e. The SMILES string of the molecule is C1CCCCC(PC2CC2)CCC1. The molecule has 0 nitrogen and oxygen atoms in total. The molecule has 2 aliphatic carbocycles. The Labute approximate surface area is 84.7 Å². The van der Waals surface area contributed by atoms with Crippen molar-refractivity contribution in [3.8, 4) is 0 Å². The Morgan fingerprint density at radius 3 is 1.54 bits per heavy atom. The van der Waals surface area contributed by atoms with Crippen LogP contribution in [0.5, 0.6) is 0 Å². The highest BCUT2D eigenvalue weighted by atomic mass is 31.1. The van der Waals surface area contributed by atoms with Gasteiger partial charge in [-0.05, 0) is 37.0 Å². The standard InChI is InChI=1S/C12H23P/c1-2-4-6-8-11(7-5-3-1)13-12-9-10-12/h11-13H,1-10H2. The van der Waals surface area contributed by atoms with Crippen molar-refractivity contribution in [3.63, 3.8) is 0 Å². The molecule has 0 N–H and O–H groups in total. The lowest BCUT2D eigenvalue weighted by Crippen LogP contribution is -2.01. The van der Waals surface area contributed by atoms with Crippen LogP contribution in [-0.4, -0.2) is 11.3 Å². The van der Waals surface area contributed by atoms with Crippen LogP contribution in [0.25, 0.3) is 0 Å². The Bertz CT molecular complexity index is 130. The maximum atomic E-state index is 1.56. The summed E-state index contributed by atoms with van der Waals surface area (Å²) in [4.78, 5) is 0. The van der Waals surface area contributed by atoms with E-state index in [1.54, 1.807) is 25.7 Å². The molecule has 0 aliphatic heterocycles. The van der Waals surface area contributed by atoms with E-state index in [0.29, 0.717) is 0 Å². The molecule has 1 heteroatoms. The second kappa shape index (κ2) is 5.35. The molecule has 76 valence electrons. The van der Waals surface area contributed by atoms with E-state index in [4.69, 9.17) is 0 Å². The zero-order valence-electron chi connectivity index (χ0n) is 8.73. The summed E-state index contributed by atoms with van der Waals surface area (Å²) in [5.41, 5.74) is 2.33. The predicted molar refractivity (Wildman–Crippen MR) is 62.1 cm³/mol. The smallest absolute Gasteiger partial charge is 0.0234 e. The topological polar surface area (TPSA) is 0 Å². The molecule has 0 aromatic heterocycles. The molecule has 0 spiro atoms. The van der Waals surface area contributed by atoms with Crippen LogP contribution >= 0.6 is 8.58 Å². The van der Waals surface area contributed by atoms with Crippen LogP contribution in [0.1, 0.15) is 64.2 Å². The largest absolute Gasteiger partial charge is 0.116 e. The average molecular weight is 198 g/mol. The fourth-order valence-electron chi connectivity index (χ4n) is 2.38. The normalized spacial score (nSPS) is 28.6. The van der Waals surface area contributed by atoms with Crippen LogP contribution in [0.15, 0.2) is 0 Å². The molecule has 2 rings (SSSR count). The molecular formula is C12H23P. The van der Waals surface area contributed by atoms with Gasteiger partial charge in [0, 0.05) is 0 Å². The average Bonchev–Trinajstić information content (AvgIpc) is 2.89. The highest BCUT2D eigenvalue weighted by Gasteiger charge is 2.24.